The van der Waals surface area contributed by atoms with E-state index in [2.05, 4.69) is 5.16 Å². The lowest BCUT2D eigenvalue weighted by Crippen LogP contribution is -2.36. The van der Waals surface area contributed by atoms with Gasteiger partial charge in [0.2, 0.25) is 0 Å². The number of rotatable bonds is 5. The van der Waals surface area contributed by atoms with Crippen molar-refractivity contribution in [3.63, 3.8) is 0 Å². The van der Waals surface area contributed by atoms with Crippen LogP contribution in [0.5, 0.6) is 0 Å². The zero-order valence-corrected chi connectivity index (χ0v) is 17.2. The molecule has 3 rings (SSSR count). The van der Waals surface area contributed by atoms with Crippen molar-refractivity contribution in [2.75, 3.05) is 0 Å². The summed E-state index contributed by atoms with van der Waals surface area (Å²) in [6, 6.07) is 12.4. The van der Waals surface area contributed by atoms with Gasteiger partial charge in [-0.25, -0.2) is 12.7 Å². The first-order valence-corrected chi connectivity index (χ1v) is 10.3. The van der Waals surface area contributed by atoms with E-state index in [0.29, 0.717) is 22.0 Å². The Balaban J connectivity index is 2.09. The number of hydrogen-bond donors (Lipinski definition) is 0. The van der Waals surface area contributed by atoms with Gasteiger partial charge in [-0.1, -0.05) is 34.5 Å². The molecule has 1 aromatic heterocycles. The molecule has 0 N–H and O–H groups in total. The van der Waals surface area contributed by atoms with Crippen LogP contribution >= 0.6 is 11.6 Å². The van der Waals surface area contributed by atoms with Crippen molar-refractivity contribution >= 4 is 27.5 Å². The van der Waals surface area contributed by atoms with Gasteiger partial charge in [0.05, 0.1) is 17.1 Å². The summed E-state index contributed by atoms with van der Waals surface area (Å²) in [5.41, 5.74) is 2.22. The molecule has 146 valence electrons. The van der Waals surface area contributed by atoms with Gasteiger partial charge in [0.1, 0.15) is 5.76 Å². The normalized spacial score (nSPS) is 11.4. The van der Waals surface area contributed by atoms with Crippen molar-refractivity contribution in [3.8, 4) is 0 Å². The van der Waals surface area contributed by atoms with E-state index in [0.717, 1.165) is 9.87 Å². The Morgan fingerprint density at radius 3 is 2.18 bits per heavy atom. The van der Waals surface area contributed by atoms with E-state index in [9.17, 15) is 13.2 Å². The van der Waals surface area contributed by atoms with Gasteiger partial charge in [0, 0.05) is 16.1 Å². The topological polar surface area (TPSA) is 80.5 Å². The van der Waals surface area contributed by atoms with Crippen LogP contribution in [0, 0.1) is 20.8 Å². The van der Waals surface area contributed by atoms with Crippen LogP contribution in [0.1, 0.15) is 32.9 Å². The molecule has 6 nitrogen and oxygen atoms in total. The molecule has 0 fully saturated rings. The molecule has 0 saturated carbocycles. The summed E-state index contributed by atoms with van der Waals surface area (Å²) in [5, 5.41) is 4.31. The van der Waals surface area contributed by atoms with Crippen molar-refractivity contribution in [1.82, 2.24) is 9.46 Å². The third-order valence-electron chi connectivity index (χ3n) is 4.41. The molecule has 0 aliphatic rings. The number of carbonyl (C=O) groups is 1. The fourth-order valence-corrected chi connectivity index (χ4v) is 4.19. The SMILES string of the molecule is Cc1ccc(S(=O)(=O)N(Cc2c(C)noc2C)C(=O)c2ccc(Cl)cc2)cc1. The first-order chi connectivity index (χ1) is 13.2. The number of carbonyl (C=O) groups excluding carboxylic acids is 1. The lowest BCUT2D eigenvalue weighted by atomic mass is 10.2. The number of nitrogens with zero attached hydrogens (tertiary/aromatic N) is 2. The van der Waals surface area contributed by atoms with Crippen molar-refractivity contribution < 1.29 is 17.7 Å². The van der Waals surface area contributed by atoms with E-state index in [4.69, 9.17) is 16.1 Å². The summed E-state index contributed by atoms with van der Waals surface area (Å²) >= 11 is 5.89. The zero-order chi connectivity index (χ0) is 20.5. The van der Waals surface area contributed by atoms with Crippen LogP contribution in [0.4, 0.5) is 0 Å². The third-order valence-corrected chi connectivity index (χ3v) is 6.40. The second-order valence-electron chi connectivity index (χ2n) is 6.44. The highest BCUT2D eigenvalue weighted by atomic mass is 35.5. The Labute approximate surface area is 168 Å². The summed E-state index contributed by atoms with van der Waals surface area (Å²) in [6.07, 6.45) is 0. The molecule has 1 amide bonds. The van der Waals surface area contributed by atoms with Crippen LogP contribution < -0.4 is 0 Å². The van der Waals surface area contributed by atoms with E-state index in [1.807, 2.05) is 6.92 Å². The molecule has 28 heavy (non-hydrogen) atoms. The first kappa shape index (κ1) is 20.1. The molecule has 8 heteroatoms. The molecule has 0 radical (unpaired) electrons. The fourth-order valence-electron chi connectivity index (χ4n) is 2.71. The van der Waals surface area contributed by atoms with E-state index < -0.39 is 15.9 Å². The molecule has 0 unspecified atom stereocenters. The number of benzene rings is 2. The summed E-state index contributed by atoms with van der Waals surface area (Å²) < 4.78 is 32.6. The molecule has 1 heterocycles. The van der Waals surface area contributed by atoms with Crippen LogP contribution in [0.25, 0.3) is 0 Å². The smallest absolute Gasteiger partial charge is 0.267 e. The Morgan fingerprint density at radius 2 is 1.64 bits per heavy atom. The van der Waals surface area contributed by atoms with Gasteiger partial charge in [0.15, 0.2) is 0 Å². The number of halogens is 1. The lowest BCUT2D eigenvalue weighted by Gasteiger charge is -2.23. The van der Waals surface area contributed by atoms with E-state index in [1.165, 1.54) is 24.3 Å². The molecular formula is C20H19ClN2O4S. The van der Waals surface area contributed by atoms with Crippen molar-refractivity contribution in [2.24, 2.45) is 0 Å². The van der Waals surface area contributed by atoms with Crippen LogP contribution in [-0.4, -0.2) is 23.8 Å². The minimum atomic E-state index is -4.10. The quantitative estimate of drug-likeness (QED) is 0.617. The average molecular weight is 419 g/mol. The minimum absolute atomic E-state index is 0.0344. The summed E-state index contributed by atoms with van der Waals surface area (Å²) in [6.45, 7) is 5.06. The highest BCUT2D eigenvalue weighted by Gasteiger charge is 2.32. The molecule has 0 spiro atoms. The zero-order valence-electron chi connectivity index (χ0n) is 15.6. The number of hydrogen-bond acceptors (Lipinski definition) is 5. The highest BCUT2D eigenvalue weighted by Crippen LogP contribution is 2.24. The second kappa shape index (κ2) is 7.77. The van der Waals surface area contributed by atoms with Gasteiger partial charge in [-0.3, -0.25) is 4.79 Å². The summed E-state index contributed by atoms with van der Waals surface area (Å²) in [7, 11) is -4.10. The van der Waals surface area contributed by atoms with Gasteiger partial charge in [-0.15, -0.1) is 0 Å². The monoisotopic (exact) mass is 418 g/mol. The predicted molar refractivity (Wildman–Crippen MR) is 106 cm³/mol. The number of aryl methyl sites for hydroxylation is 3. The summed E-state index contributed by atoms with van der Waals surface area (Å²) in [4.78, 5) is 13.2. The molecule has 0 bridgehead atoms. The highest BCUT2D eigenvalue weighted by molar-refractivity contribution is 7.89. The van der Waals surface area contributed by atoms with Crippen molar-refractivity contribution in [3.05, 3.63) is 81.7 Å². The molecule has 0 saturated heterocycles. The average Bonchev–Trinajstić information content (AvgIpc) is 2.98. The maximum Gasteiger partial charge on any atom is 0.267 e. The van der Waals surface area contributed by atoms with E-state index in [1.54, 1.807) is 38.1 Å². The Bertz CT molecular complexity index is 1080. The van der Waals surface area contributed by atoms with Crippen molar-refractivity contribution in [1.29, 1.82) is 0 Å². The molecule has 0 aliphatic heterocycles. The number of sulfonamides is 1. The number of amides is 1. The van der Waals surface area contributed by atoms with E-state index >= 15 is 0 Å². The van der Waals surface area contributed by atoms with Gasteiger partial charge in [-0.05, 0) is 57.2 Å². The second-order valence-corrected chi connectivity index (χ2v) is 8.74. The molecule has 0 atom stereocenters. The van der Waals surface area contributed by atoms with E-state index in [-0.39, 0.29) is 17.0 Å². The predicted octanol–water partition coefficient (Wildman–Crippen LogP) is 4.28. The van der Waals surface area contributed by atoms with Gasteiger partial charge in [0.25, 0.3) is 15.9 Å². The van der Waals surface area contributed by atoms with Crippen LogP contribution in [0.15, 0.2) is 57.9 Å². The van der Waals surface area contributed by atoms with Crippen LogP contribution in [0.2, 0.25) is 5.02 Å². The van der Waals surface area contributed by atoms with Gasteiger partial charge >= 0.3 is 0 Å². The Morgan fingerprint density at radius 1 is 1.04 bits per heavy atom. The maximum atomic E-state index is 13.3. The fraction of sp³-hybridized carbons (Fsp3) is 0.200. The molecule has 3 aromatic rings. The van der Waals surface area contributed by atoms with Gasteiger partial charge in [-0.2, -0.15) is 0 Å². The molecule has 0 aliphatic carbocycles. The van der Waals surface area contributed by atoms with Crippen LogP contribution in [0.3, 0.4) is 0 Å². The molecular weight excluding hydrogens is 400 g/mol. The lowest BCUT2D eigenvalue weighted by molar-refractivity contribution is 0.0854. The largest absolute Gasteiger partial charge is 0.361 e. The number of aromatic nitrogens is 1. The molecule has 2 aromatic carbocycles. The van der Waals surface area contributed by atoms with Crippen molar-refractivity contribution in [2.45, 2.75) is 32.2 Å². The first-order valence-electron chi connectivity index (χ1n) is 8.51. The minimum Gasteiger partial charge on any atom is -0.361 e. The standard InChI is InChI=1S/C20H19ClN2O4S/c1-13-4-10-18(11-5-13)28(25,26)23(12-19-14(2)22-27-15(19)3)20(24)16-6-8-17(21)9-7-16/h4-11H,12H2,1-3H3. The van der Waals surface area contributed by atoms with Gasteiger partial charge < -0.3 is 4.52 Å². The Hall–Kier alpha value is -2.64. The third kappa shape index (κ3) is 3.95. The maximum absolute atomic E-state index is 13.3. The van der Waals surface area contributed by atoms with Crippen LogP contribution in [-0.2, 0) is 16.6 Å². The summed E-state index contributed by atoms with van der Waals surface area (Å²) in [5.74, 6) is -0.192. The Kier molecular flexibility index (Phi) is 5.58.